The van der Waals surface area contributed by atoms with Gasteiger partial charge < -0.3 is 5.73 Å². The molecule has 0 radical (unpaired) electrons. The second-order valence-corrected chi connectivity index (χ2v) is 5.56. The van der Waals surface area contributed by atoms with Gasteiger partial charge in [0.2, 0.25) is 0 Å². The van der Waals surface area contributed by atoms with E-state index in [1.807, 2.05) is 12.1 Å². The van der Waals surface area contributed by atoms with Crippen molar-refractivity contribution in [2.45, 2.75) is 46.1 Å². The molecule has 0 saturated carbocycles. The van der Waals surface area contributed by atoms with Crippen LogP contribution in [0.2, 0.25) is 0 Å². The van der Waals surface area contributed by atoms with E-state index in [-0.39, 0.29) is 0 Å². The number of piperidine rings is 1. The Morgan fingerprint density at radius 1 is 1.28 bits per heavy atom. The van der Waals surface area contributed by atoms with Crippen molar-refractivity contribution in [1.29, 1.82) is 0 Å². The lowest BCUT2D eigenvalue weighted by molar-refractivity contribution is 0.0901. The molecule has 1 fully saturated rings. The first-order valence-electron chi connectivity index (χ1n) is 7.10. The van der Waals surface area contributed by atoms with Gasteiger partial charge in [-0.3, -0.25) is 9.88 Å². The highest BCUT2D eigenvalue weighted by Crippen LogP contribution is 2.38. The topological polar surface area (TPSA) is 42.1 Å². The van der Waals surface area contributed by atoms with Gasteiger partial charge in [0.25, 0.3) is 0 Å². The summed E-state index contributed by atoms with van der Waals surface area (Å²) in [6, 6.07) is 3.83. The first-order valence-corrected chi connectivity index (χ1v) is 7.10. The third kappa shape index (κ3) is 3.02. The lowest BCUT2D eigenvalue weighted by atomic mass is 9.74. The van der Waals surface area contributed by atoms with Crippen LogP contribution in [0, 0.1) is 5.41 Å². The Balaban J connectivity index is 1.91. The Hall–Kier alpha value is -1.09. The van der Waals surface area contributed by atoms with Crippen LogP contribution >= 0.6 is 0 Å². The van der Waals surface area contributed by atoms with Crippen LogP contribution in [0.15, 0.2) is 18.3 Å². The van der Waals surface area contributed by atoms with Crippen molar-refractivity contribution in [2.75, 3.05) is 18.8 Å². The summed E-state index contributed by atoms with van der Waals surface area (Å²) >= 11 is 0. The largest absolute Gasteiger partial charge is 0.399 e. The van der Waals surface area contributed by atoms with Gasteiger partial charge >= 0.3 is 0 Å². The van der Waals surface area contributed by atoms with Crippen molar-refractivity contribution >= 4 is 5.69 Å². The zero-order valence-electron chi connectivity index (χ0n) is 11.7. The number of aromatic nitrogens is 1. The normalized spacial score (nSPS) is 19.9. The maximum atomic E-state index is 5.79. The standard InChI is InChI=1S/C15H25N3/c1-3-15(4-2)6-9-18(10-7-15)12-14-11-13(16)5-8-17-14/h5,8,11H,3-4,6-7,9-10,12H2,1-2H3,(H2,16,17). The second-order valence-electron chi connectivity index (χ2n) is 5.56. The Morgan fingerprint density at radius 2 is 1.94 bits per heavy atom. The van der Waals surface area contributed by atoms with Gasteiger partial charge in [-0.25, -0.2) is 0 Å². The molecule has 0 aromatic carbocycles. The fourth-order valence-corrected chi connectivity index (χ4v) is 2.96. The van der Waals surface area contributed by atoms with Crippen LogP contribution in [-0.2, 0) is 6.54 Å². The van der Waals surface area contributed by atoms with Gasteiger partial charge in [-0.05, 0) is 43.5 Å². The third-order valence-electron chi connectivity index (χ3n) is 4.64. The first-order chi connectivity index (χ1) is 8.67. The van der Waals surface area contributed by atoms with E-state index < -0.39 is 0 Å². The molecule has 18 heavy (non-hydrogen) atoms. The molecule has 1 aliphatic heterocycles. The van der Waals surface area contributed by atoms with Gasteiger partial charge in [0.1, 0.15) is 0 Å². The number of nitrogens with zero attached hydrogens (tertiary/aromatic N) is 2. The average molecular weight is 247 g/mol. The highest BCUT2D eigenvalue weighted by Gasteiger charge is 2.31. The number of hydrogen-bond donors (Lipinski definition) is 1. The Morgan fingerprint density at radius 3 is 2.50 bits per heavy atom. The lowest BCUT2D eigenvalue weighted by Gasteiger charge is -2.40. The molecule has 0 amide bonds. The van der Waals surface area contributed by atoms with E-state index in [9.17, 15) is 0 Å². The molecule has 100 valence electrons. The summed E-state index contributed by atoms with van der Waals surface area (Å²) in [6.07, 6.45) is 7.07. The lowest BCUT2D eigenvalue weighted by Crippen LogP contribution is -2.39. The van der Waals surface area contributed by atoms with Crippen LogP contribution in [0.25, 0.3) is 0 Å². The maximum absolute atomic E-state index is 5.79. The molecular weight excluding hydrogens is 222 g/mol. The predicted molar refractivity (Wildman–Crippen MR) is 76.2 cm³/mol. The minimum atomic E-state index is 0.597. The van der Waals surface area contributed by atoms with Crippen molar-refractivity contribution in [1.82, 2.24) is 9.88 Å². The third-order valence-corrected chi connectivity index (χ3v) is 4.64. The van der Waals surface area contributed by atoms with E-state index in [2.05, 4.69) is 23.7 Å². The van der Waals surface area contributed by atoms with Crippen molar-refractivity contribution < 1.29 is 0 Å². The zero-order chi connectivity index (χ0) is 13.0. The summed E-state index contributed by atoms with van der Waals surface area (Å²) in [7, 11) is 0. The number of hydrogen-bond acceptors (Lipinski definition) is 3. The summed E-state index contributed by atoms with van der Waals surface area (Å²) in [6.45, 7) is 7.99. The van der Waals surface area contributed by atoms with Crippen LogP contribution in [0.3, 0.4) is 0 Å². The van der Waals surface area contributed by atoms with Gasteiger partial charge in [0.15, 0.2) is 0 Å². The molecule has 0 spiro atoms. The molecule has 3 heteroatoms. The molecule has 1 aromatic heterocycles. The molecule has 2 heterocycles. The molecule has 2 N–H and O–H groups in total. The molecule has 1 aliphatic rings. The number of likely N-dealkylation sites (tertiary alicyclic amines) is 1. The summed E-state index contributed by atoms with van der Waals surface area (Å²) in [5.74, 6) is 0. The Bertz CT molecular complexity index is 375. The summed E-state index contributed by atoms with van der Waals surface area (Å²) in [4.78, 5) is 6.89. The van der Waals surface area contributed by atoms with Crippen molar-refractivity contribution in [3.8, 4) is 0 Å². The number of nitrogens with two attached hydrogens (primary N) is 1. The van der Waals surface area contributed by atoms with Crippen molar-refractivity contribution in [3.63, 3.8) is 0 Å². The van der Waals surface area contributed by atoms with Gasteiger partial charge in [0.05, 0.1) is 5.69 Å². The van der Waals surface area contributed by atoms with E-state index in [1.165, 1.54) is 38.8 Å². The minimum absolute atomic E-state index is 0.597. The quantitative estimate of drug-likeness (QED) is 0.889. The van der Waals surface area contributed by atoms with Gasteiger partial charge in [-0.1, -0.05) is 26.7 Å². The molecular formula is C15H25N3. The molecule has 1 saturated heterocycles. The fraction of sp³-hybridized carbons (Fsp3) is 0.667. The smallest absolute Gasteiger partial charge is 0.0564 e. The van der Waals surface area contributed by atoms with E-state index in [0.29, 0.717) is 5.41 Å². The summed E-state index contributed by atoms with van der Waals surface area (Å²) < 4.78 is 0. The second kappa shape index (κ2) is 5.70. The predicted octanol–water partition coefficient (Wildman–Crippen LogP) is 3.07. The molecule has 0 bridgehead atoms. The maximum Gasteiger partial charge on any atom is 0.0564 e. The van der Waals surface area contributed by atoms with Crippen LogP contribution < -0.4 is 5.73 Å². The van der Waals surface area contributed by atoms with Gasteiger partial charge in [-0.2, -0.15) is 0 Å². The monoisotopic (exact) mass is 247 g/mol. The fourth-order valence-electron chi connectivity index (χ4n) is 2.96. The van der Waals surface area contributed by atoms with E-state index in [4.69, 9.17) is 5.73 Å². The Labute approximate surface area is 110 Å². The number of nitrogen functional groups attached to an aromatic ring is 1. The van der Waals surface area contributed by atoms with Crippen molar-refractivity contribution in [3.05, 3.63) is 24.0 Å². The van der Waals surface area contributed by atoms with Crippen molar-refractivity contribution in [2.24, 2.45) is 5.41 Å². The molecule has 0 atom stereocenters. The van der Waals surface area contributed by atoms with Crippen LogP contribution in [0.5, 0.6) is 0 Å². The molecule has 3 nitrogen and oxygen atoms in total. The summed E-state index contributed by atoms with van der Waals surface area (Å²) in [5, 5.41) is 0. The van der Waals surface area contributed by atoms with Crippen LogP contribution in [0.4, 0.5) is 5.69 Å². The number of anilines is 1. The molecule has 1 aromatic rings. The number of pyridine rings is 1. The highest BCUT2D eigenvalue weighted by molar-refractivity contribution is 5.37. The van der Waals surface area contributed by atoms with Crippen LogP contribution in [-0.4, -0.2) is 23.0 Å². The molecule has 2 rings (SSSR count). The van der Waals surface area contributed by atoms with Crippen LogP contribution in [0.1, 0.15) is 45.2 Å². The number of rotatable bonds is 4. The van der Waals surface area contributed by atoms with E-state index >= 15 is 0 Å². The summed E-state index contributed by atoms with van der Waals surface area (Å²) in [5.41, 5.74) is 8.29. The minimum Gasteiger partial charge on any atom is -0.399 e. The van der Waals surface area contributed by atoms with E-state index in [0.717, 1.165) is 17.9 Å². The SMILES string of the molecule is CCC1(CC)CCN(Cc2cc(N)ccn2)CC1. The van der Waals surface area contributed by atoms with Gasteiger partial charge in [-0.15, -0.1) is 0 Å². The molecule has 0 aliphatic carbocycles. The highest BCUT2D eigenvalue weighted by atomic mass is 15.1. The zero-order valence-corrected chi connectivity index (χ0v) is 11.7. The van der Waals surface area contributed by atoms with E-state index in [1.54, 1.807) is 6.20 Å². The van der Waals surface area contributed by atoms with Gasteiger partial charge in [0, 0.05) is 18.4 Å². The average Bonchev–Trinajstić information content (AvgIpc) is 2.40. The first kappa shape index (κ1) is 13.3. The Kier molecular flexibility index (Phi) is 4.23. The molecule has 0 unspecified atom stereocenters.